The van der Waals surface area contributed by atoms with E-state index in [9.17, 15) is 4.79 Å². The highest BCUT2D eigenvalue weighted by molar-refractivity contribution is 6.31. The molecule has 198 valence electrons. The molecule has 0 unspecified atom stereocenters. The number of benzene rings is 4. The number of anilines is 6. The molecule has 3 N–H and O–H groups in total. The van der Waals surface area contributed by atoms with Crippen LogP contribution in [-0.2, 0) is 0 Å². The number of carbonyl (C=O) groups excluding carboxylic acids is 1. The van der Waals surface area contributed by atoms with Crippen molar-refractivity contribution in [3.8, 4) is 0 Å². The Kier molecular flexibility index (Phi) is 8.56. The second-order valence-electron chi connectivity index (χ2n) is 8.52. The lowest BCUT2D eigenvalue weighted by Crippen LogP contribution is -2.07. The molecule has 40 heavy (non-hydrogen) atoms. The van der Waals surface area contributed by atoms with Gasteiger partial charge in [-0.05, 0) is 96.6 Å². The number of allylic oxidation sites excluding steroid dienone is 1. The van der Waals surface area contributed by atoms with Crippen molar-refractivity contribution in [3.05, 3.63) is 129 Å². The van der Waals surface area contributed by atoms with E-state index >= 15 is 0 Å². The predicted molar refractivity (Wildman–Crippen MR) is 164 cm³/mol. The van der Waals surface area contributed by atoms with Crippen LogP contribution in [-0.4, -0.2) is 20.7 Å². The molecular formula is C30H21Cl3N6O. The first kappa shape index (κ1) is 27.1. The quantitative estimate of drug-likeness (QED) is 0.117. The number of hydrogen-bond acceptors (Lipinski definition) is 7. The number of carbonyl (C=O) groups is 1. The van der Waals surface area contributed by atoms with Crippen LogP contribution in [0.15, 0.2) is 103 Å². The summed E-state index contributed by atoms with van der Waals surface area (Å²) in [4.78, 5) is 26.1. The zero-order valence-electron chi connectivity index (χ0n) is 20.8. The highest BCUT2D eigenvalue weighted by Gasteiger charge is 2.10. The van der Waals surface area contributed by atoms with Gasteiger partial charge in [0.1, 0.15) is 0 Å². The largest absolute Gasteiger partial charge is 0.324 e. The minimum absolute atomic E-state index is 0.120. The maximum Gasteiger partial charge on any atom is 0.233 e. The first-order valence-electron chi connectivity index (χ1n) is 12.1. The Balaban J connectivity index is 1.34. The molecule has 5 aromatic rings. The average Bonchev–Trinajstić information content (AvgIpc) is 2.95. The van der Waals surface area contributed by atoms with Crippen LogP contribution in [0.5, 0.6) is 0 Å². The number of nitrogens with one attached hydrogen (secondary N) is 3. The second-order valence-corrected chi connectivity index (χ2v) is 9.83. The SMILES string of the molecule is O=C(/C=C/c1ccc(Cl)cc1)c1ccc(Nc2nc(Nc3ccc(Cl)cc3)nc(Nc3ccc(Cl)cc3)n2)cc1. The normalized spacial score (nSPS) is 10.9. The first-order valence-corrected chi connectivity index (χ1v) is 13.2. The Morgan fingerprint density at radius 3 is 1.27 bits per heavy atom. The van der Waals surface area contributed by atoms with Crippen LogP contribution in [0.25, 0.3) is 6.08 Å². The smallest absolute Gasteiger partial charge is 0.233 e. The minimum atomic E-state index is -0.120. The van der Waals surface area contributed by atoms with Gasteiger partial charge in [-0.15, -0.1) is 0 Å². The van der Waals surface area contributed by atoms with Gasteiger partial charge in [-0.2, -0.15) is 15.0 Å². The van der Waals surface area contributed by atoms with E-state index in [1.54, 1.807) is 66.7 Å². The molecule has 5 rings (SSSR count). The summed E-state index contributed by atoms with van der Waals surface area (Å²) in [6.45, 7) is 0. The molecule has 0 amide bonds. The number of ketones is 1. The number of rotatable bonds is 9. The molecule has 0 bridgehead atoms. The van der Waals surface area contributed by atoms with Crippen molar-refractivity contribution >= 4 is 81.6 Å². The van der Waals surface area contributed by atoms with Crippen LogP contribution >= 0.6 is 34.8 Å². The van der Waals surface area contributed by atoms with Crippen molar-refractivity contribution in [2.75, 3.05) is 16.0 Å². The minimum Gasteiger partial charge on any atom is -0.324 e. The highest BCUT2D eigenvalue weighted by atomic mass is 35.5. The molecule has 0 aliphatic carbocycles. The van der Waals surface area contributed by atoms with E-state index < -0.39 is 0 Å². The third-order valence-corrected chi connectivity index (χ3v) is 6.31. The second kappa shape index (κ2) is 12.6. The van der Waals surface area contributed by atoms with E-state index in [2.05, 4.69) is 30.9 Å². The lowest BCUT2D eigenvalue weighted by molar-refractivity contribution is 0.104. The molecule has 1 heterocycles. The van der Waals surface area contributed by atoms with Gasteiger partial charge < -0.3 is 16.0 Å². The molecule has 0 saturated carbocycles. The molecule has 0 saturated heterocycles. The van der Waals surface area contributed by atoms with Gasteiger partial charge in [0.05, 0.1) is 0 Å². The Labute approximate surface area is 245 Å². The summed E-state index contributed by atoms with van der Waals surface area (Å²) >= 11 is 17.9. The van der Waals surface area contributed by atoms with Crippen LogP contribution in [0.2, 0.25) is 15.1 Å². The molecule has 10 heteroatoms. The molecule has 0 fully saturated rings. The summed E-state index contributed by atoms with van der Waals surface area (Å²) in [7, 11) is 0. The van der Waals surface area contributed by atoms with E-state index in [1.165, 1.54) is 6.08 Å². The van der Waals surface area contributed by atoms with Gasteiger partial charge >= 0.3 is 0 Å². The van der Waals surface area contributed by atoms with Crippen molar-refractivity contribution in [1.82, 2.24) is 15.0 Å². The number of nitrogens with zero attached hydrogens (tertiary/aromatic N) is 3. The molecule has 0 atom stereocenters. The monoisotopic (exact) mass is 586 g/mol. The van der Waals surface area contributed by atoms with E-state index in [1.807, 2.05) is 36.4 Å². The Bertz CT molecular complexity index is 1570. The highest BCUT2D eigenvalue weighted by Crippen LogP contribution is 2.23. The van der Waals surface area contributed by atoms with Crippen molar-refractivity contribution in [1.29, 1.82) is 0 Å². The van der Waals surface area contributed by atoms with Crippen molar-refractivity contribution in [2.24, 2.45) is 0 Å². The van der Waals surface area contributed by atoms with Crippen LogP contribution in [0, 0.1) is 0 Å². The number of aromatic nitrogens is 3. The Morgan fingerprint density at radius 1 is 0.525 bits per heavy atom. The third kappa shape index (κ3) is 7.57. The number of hydrogen-bond donors (Lipinski definition) is 3. The average molecular weight is 588 g/mol. The topological polar surface area (TPSA) is 91.8 Å². The number of halogens is 3. The standard InChI is InChI=1S/C30H21Cl3N6O/c31-21-6-1-19(2-7-21)3-18-27(40)20-4-12-24(13-5-20)34-28-37-29(35-25-14-8-22(32)9-15-25)39-30(38-28)36-26-16-10-23(33)11-17-26/h1-18H,(H3,34,35,36,37,38,39)/b18-3+. The van der Waals surface area contributed by atoms with Gasteiger partial charge in [-0.25, -0.2) is 0 Å². The molecule has 0 spiro atoms. The summed E-state index contributed by atoms with van der Waals surface area (Å²) in [6.07, 6.45) is 3.28. The summed E-state index contributed by atoms with van der Waals surface area (Å²) in [5.41, 5.74) is 3.64. The zero-order valence-corrected chi connectivity index (χ0v) is 23.0. The molecule has 0 aliphatic rings. The molecular weight excluding hydrogens is 567 g/mol. The zero-order chi connectivity index (χ0) is 27.9. The van der Waals surface area contributed by atoms with Crippen molar-refractivity contribution in [3.63, 3.8) is 0 Å². The van der Waals surface area contributed by atoms with E-state index in [-0.39, 0.29) is 5.78 Å². The van der Waals surface area contributed by atoms with Crippen LogP contribution in [0.4, 0.5) is 34.9 Å². The van der Waals surface area contributed by atoms with Crippen molar-refractivity contribution < 1.29 is 4.79 Å². The van der Waals surface area contributed by atoms with Crippen LogP contribution < -0.4 is 16.0 Å². The molecule has 7 nitrogen and oxygen atoms in total. The maximum atomic E-state index is 12.6. The Morgan fingerprint density at radius 2 is 0.875 bits per heavy atom. The molecule has 0 aliphatic heterocycles. The summed E-state index contributed by atoms with van der Waals surface area (Å²) in [5, 5.41) is 11.4. The third-order valence-electron chi connectivity index (χ3n) is 5.56. The van der Waals surface area contributed by atoms with Crippen LogP contribution in [0.1, 0.15) is 15.9 Å². The first-order chi connectivity index (χ1) is 19.4. The molecule has 0 radical (unpaired) electrons. The van der Waals surface area contributed by atoms with Gasteiger partial charge in [-0.1, -0.05) is 53.0 Å². The van der Waals surface area contributed by atoms with Gasteiger partial charge in [0, 0.05) is 37.7 Å². The maximum absolute atomic E-state index is 12.6. The summed E-state index contributed by atoms with van der Waals surface area (Å²) in [6, 6.07) is 28.6. The molecule has 1 aromatic heterocycles. The fourth-order valence-electron chi connectivity index (χ4n) is 3.56. The lowest BCUT2D eigenvalue weighted by Gasteiger charge is -2.12. The van der Waals surface area contributed by atoms with E-state index in [4.69, 9.17) is 34.8 Å². The van der Waals surface area contributed by atoms with Gasteiger partial charge in [0.2, 0.25) is 17.8 Å². The van der Waals surface area contributed by atoms with Crippen molar-refractivity contribution in [2.45, 2.75) is 0 Å². The lowest BCUT2D eigenvalue weighted by atomic mass is 10.1. The Hall–Kier alpha value is -4.43. The summed E-state index contributed by atoms with van der Waals surface area (Å²) < 4.78 is 0. The van der Waals surface area contributed by atoms with Gasteiger partial charge in [0.15, 0.2) is 5.78 Å². The van der Waals surface area contributed by atoms with E-state index in [0.29, 0.717) is 44.2 Å². The van der Waals surface area contributed by atoms with E-state index in [0.717, 1.165) is 16.9 Å². The predicted octanol–water partition coefficient (Wildman–Crippen LogP) is 8.96. The van der Waals surface area contributed by atoms with Gasteiger partial charge in [0.25, 0.3) is 0 Å². The molecule has 4 aromatic carbocycles. The van der Waals surface area contributed by atoms with Gasteiger partial charge in [-0.3, -0.25) is 4.79 Å². The fourth-order valence-corrected chi connectivity index (χ4v) is 3.94. The summed E-state index contributed by atoms with van der Waals surface area (Å²) in [5.74, 6) is 0.807. The fraction of sp³-hybridized carbons (Fsp3) is 0. The van der Waals surface area contributed by atoms with Crippen LogP contribution in [0.3, 0.4) is 0 Å².